The van der Waals surface area contributed by atoms with Gasteiger partial charge in [0.15, 0.2) is 5.84 Å². The molecule has 1 heterocycles. The molecule has 0 saturated carbocycles. The summed E-state index contributed by atoms with van der Waals surface area (Å²) in [7, 11) is 0. The largest absolute Gasteiger partial charge is 0.409 e. The van der Waals surface area contributed by atoms with E-state index >= 15 is 0 Å². The lowest BCUT2D eigenvalue weighted by Gasteiger charge is -2.15. The Labute approximate surface area is 99.4 Å². The van der Waals surface area contributed by atoms with Crippen LogP contribution < -0.4 is 5.73 Å². The lowest BCUT2D eigenvalue weighted by molar-refractivity contribution is 0.316. The first-order valence-electron chi connectivity index (χ1n) is 5.26. The Kier molecular flexibility index (Phi) is 3.35. The van der Waals surface area contributed by atoms with Gasteiger partial charge in [0, 0.05) is 6.20 Å². The molecule has 0 bridgehead atoms. The molecule has 2 aromatic rings. The summed E-state index contributed by atoms with van der Waals surface area (Å²) in [4.78, 5) is 4.25. The molecule has 17 heavy (non-hydrogen) atoms. The standard InChI is InChI=1S/C13H13N3O/c14-13(16-17)12(10-6-2-1-3-7-10)11-8-4-5-9-15-11/h1-9,12,17H,(H2,14,16). The summed E-state index contributed by atoms with van der Waals surface area (Å²) in [5, 5.41) is 12.0. The molecule has 1 aromatic carbocycles. The lowest BCUT2D eigenvalue weighted by Crippen LogP contribution is -2.23. The average molecular weight is 227 g/mol. The van der Waals surface area contributed by atoms with Crippen molar-refractivity contribution in [2.45, 2.75) is 5.92 Å². The van der Waals surface area contributed by atoms with Gasteiger partial charge in [0.2, 0.25) is 0 Å². The van der Waals surface area contributed by atoms with E-state index in [-0.39, 0.29) is 11.8 Å². The first-order valence-corrected chi connectivity index (χ1v) is 5.26. The van der Waals surface area contributed by atoms with E-state index in [9.17, 15) is 0 Å². The maximum Gasteiger partial charge on any atom is 0.152 e. The molecule has 1 unspecified atom stereocenters. The van der Waals surface area contributed by atoms with E-state index in [1.54, 1.807) is 6.20 Å². The van der Waals surface area contributed by atoms with Crippen LogP contribution in [0.3, 0.4) is 0 Å². The second-order valence-electron chi connectivity index (χ2n) is 3.62. The number of pyridine rings is 1. The van der Waals surface area contributed by atoms with Crippen LogP contribution in [0.1, 0.15) is 17.2 Å². The van der Waals surface area contributed by atoms with Gasteiger partial charge in [-0.05, 0) is 17.7 Å². The number of nitrogens with zero attached hydrogens (tertiary/aromatic N) is 2. The van der Waals surface area contributed by atoms with Crippen LogP contribution in [0, 0.1) is 0 Å². The maximum absolute atomic E-state index is 8.86. The molecule has 3 N–H and O–H groups in total. The van der Waals surface area contributed by atoms with Crippen LogP contribution in [0.25, 0.3) is 0 Å². The van der Waals surface area contributed by atoms with E-state index in [0.29, 0.717) is 0 Å². The predicted octanol–water partition coefficient (Wildman–Crippen LogP) is 1.96. The number of aromatic nitrogens is 1. The molecule has 0 spiro atoms. The Bertz CT molecular complexity index is 457. The van der Waals surface area contributed by atoms with Crippen molar-refractivity contribution in [1.82, 2.24) is 4.98 Å². The fourth-order valence-corrected chi connectivity index (χ4v) is 1.74. The number of hydrogen-bond acceptors (Lipinski definition) is 3. The minimum Gasteiger partial charge on any atom is -0.409 e. The van der Waals surface area contributed by atoms with Crippen molar-refractivity contribution in [3.05, 3.63) is 66.0 Å². The van der Waals surface area contributed by atoms with E-state index in [2.05, 4.69) is 10.1 Å². The van der Waals surface area contributed by atoms with Gasteiger partial charge < -0.3 is 10.9 Å². The summed E-state index contributed by atoms with van der Waals surface area (Å²) in [5.74, 6) is -0.183. The zero-order valence-electron chi connectivity index (χ0n) is 9.19. The summed E-state index contributed by atoms with van der Waals surface area (Å²) in [6.45, 7) is 0. The minimum absolute atomic E-state index is 0.134. The van der Waals surface area contributed by atoms with Crippen LogP contribution in [0.4, 0.5) is 0 Å². The maximum atomic E-state index is 8.86. The predicted molar refractivity (Wildman–Crippen MR) is 65.9 cm³/mol. The molecule has 2 rings (SSSR count). The summed E-state index contributed by atoms with van der Waals surface area (Å²) < 4.78 is 0. The molecule has 0 aliphatic rings. The van der Waals surface area contributed by atoms with Crippen LogP contribution in [0.15, 0.2) is 59.9 Å². The van der Waals surface area contributed by atoms with Gasteiger partial charge in [-0.25, -0.2) is 0 Å². The van der Waals surface area contributed by atoms with Crippen LogP contribution in [-0.2, 0) is 0 Å². The van der Waals surface area contributed by atoms with Crippen LogP contribution in [0.2, 0.25) is 0 Å². The van der Waals surface area contributed by atoms with Crippen molar-refractivity contribution in [3.8, 4) is 0 Å². The molecule has 0 amide bonds. The molecule has 0 fully saturated rings. The monoisotopic (exact) mass is 227 g/mol. The van der Waals surface area contributed by atoms with Crippen LogP contribution in [0.5, 0.6) is 0 Å². The lowest BCUT2D eigenvalue weighted by atomic mass is 9.94. The molecular weight excluding hydrogens is 214 g/mol. The molecule has 86 valence electrons. The van der Waals surface area contributed by atoms with E-state index in [1.807, 2.05) is 48.5 Å². The molecular formula is C13H13N3O. The third-order valence-electron chi connectivity index (χ3n) is 2.53. The Morgan fingerprint density at radius 2 is 1.82 bits per heavy atom. The SMILES string of the molecule is NC(=NO)C(c1ccccc1)c1ccccn1. The van der Waals surface area contributed by atoms with Crippen molar-refractivity contribution in [1.29, 1.82) is 0 Å². The molecule has 4 heteroatoms. The Balaban J connectivity index is 2.47. The van der Waals surface area contributed by atoms with E-state index < -0.39 is 0 Å². The topological polar surface area (TPSA) is 71.5 Å². The third-order valence-corrected chi connectivity index (χ3v) is 2.53. The van der Waals surface area contributed by atoms with Crippen molar-refractivity contribution in [2.24, 2.45) is 10.9 Å². The zero-order valence-corrected chi connectivity index (χ0v) is 9.19. The fourth-order valence-electron chi connectivity index (χ4n) is 1.74. The normalized spacial score (nSPS) is 13.3. The van der Waals surface area contributed by atoms with Gasteiger partial charge in [-0.15, -0.1) is 0 Å². The number of rotatable bonds is 3. The van der Waals surface area contributed by atoms with E-state index in [1.165, 1.54) is 0 Å². The smallest absolute Gasteiger partial charge is 0.152 e. The molecule has 4 nitrogen and oxygen atoms in total. The number of hydrogen-bond donors (Lipinski definition) is 2. The van der Waals surface area contributed by atoms with Gasteiger partial charge in [0.05, 0.1) is 11.6 Å². The average Bonchev–Trinajstić information content (AvgIpc) is 2.41. The molecule has 0 aliphatic heterocycles. The van der Waals surface area contributed by atoms with Crippen LogP contribution >= 0.6 is 0 Å². The number of oxime groups is 1. The fraction of sp³-hybridized carbons (Fsp3) is 0.0769. The highest BCUT2D eigenvalue weighted by Gasteiger charge is 2.19. The highest BCUT2D eigenvalue weighted by molar-refractivity contribution is 5.89. The molecule has 0 aliphatic carbocycles. The first-order chi connectivity index (χ1) is 8.33. The highest BCUT2D eigenvalue weighted by atomic mass is 16.4. The second kappa shape index (κ2) is 5.12. The van der Waals surface area contributed by atoms with Gasteiger partial charge in [-0.3, -0.25) is 4.98 Å². The number of benzene rings is 1. The molecule has 0 radical (unpaired) electrons. The van der Waals surface area contributed by atoms with Crippen molar-refractivity contribution in [3.63, 3.8) is 0 Å². The summed E-state index contributed by atoms with van der Waals surface area (Å²) in [6.07, 6.45) is 1.69. The van der Waals surface area contributed by atoms with Gasteiger partial charge >= 0.3 is 0 Å². The Morgan fingerprint density at radius 1 is 1.12 bits per heavy atom. The van der Waals surface area contributed by atoms with Crippen LogP contribution in [-0.4, -0.2) is 16.0 Å². The van der Waals surface area contributed by atoms with Crippen molar-refractivity contribution in [2.75, 3.05) is 0 Å². The third kappa shape index (κ3) is 2.42. The highest BCUT2D eigenvalue weighted by Crippen LogP contribution is 2.22. The van der Waals surface area contributed by atoms with Crippen molar-refractivity contribution < 1.29 is 5.21 Å². The molecule has 1 aromatic heterocycles. The van der Waals surface area contributed by atoms with E-state index in [0.717, 1.165) is 11.3 Å². The Hall–Kier alpha value is -2.36. The van der Waals surface area contributed by atoms with Gasteiger partial charge in [0.25, 0.3) is 0 Å². The van der Waals surface area contributed by atoms with Gasteiger partial charge in [-0.1, -0.05) is 41.6 Å². The molecule has 1 atom stereocenters. The summed E-state index contributed by atoms with van der Waals surface area (Å²) in [5.41, 5.74) is 7.45. The van der Waals surface area contributed by atoms with Gasteiger partial charge in [0.1, 0.15) is 0 Å². The zero-order chi connectivity index (χ0) is 12.1. The number of amidine groups is 1. The summed E-state index contributed by atoms with van der Waals surface area (Å²) >= 11 is 0. The summed E-state index contributed by atoms with van der Waals surface area (Å²) in [6, 6.07) is 15.2. The van der Waals surface area contributed by atoms with Crippen molar-refractivity contribution >= 4 is 5.84 Å². The number of nitrogens with two attached hydrogens (primary N) is 1. The second-order valence-corrected chi connectivity index (χ2v) is 3.62. The van der Waals surface area contributed by atoms with Gasteiger partial charge in [-0.2, -0.15) is 0 Å². The quantitative estimate of drug-likeness (QED) is 0.364. The Morgan fingerprint density at radius 3 is 2.41 bits per heavy atom. The minimum atomic E-state index is -0.317. The van der Waals surface area contributed by atoms with E-state index in [4.69, 9.17) is 10.9 Å². The molecule has 0 saturated heterocycles. The first kappa shape index (κ1) is 11.1.